The summed E-state index contributed by atoms with van der Waals surface area (Å²) < 4.78 is 28.6. The highest BCUT2D eigenvalue weighted by molar-refractivity contribution is 5.89. The van der Waals surface area contributed by atoms with Gasteiger partial charge in [0.1, 0.15) is 5.75 Å². The lowest BCUT2D eigenvalue weighted by Gasteiger charge is -2.14. The van der Waals surface area contributed by atoms with Crippen molar-refractivity contribution in [3.05, 3.63) is 29.8 Å². The first kappa shape index (κ1) is 16.2. The highest BCUT2D eigenvalue weighted by Crippen LogP contribution is 2.18. The lowest BCUT2D eigenvalue weighted by molar-refractivity contribution is -0.128. The predicted molar refractivity (Wildman–Crippen MR) is 75.3 cm³/mol. The molecule has 2 amide bonds. The number of nitrogens with one attached hydrogen (secondary N) is 1. The maximum Gasteiger partial charge on any atom is 0.387 e. The molecule has 0 radical (unpaired) electrons. The quantitative estimate of drug-likeness (QED) is 0.871. The molecule has 0 saturated carbocycles. The Hall–Kier alpha value is -2.18. The van der Waals surface area contributed by atoms with Crippen LogP contribution >= 0.6 is 0 Å². The molecule has 1 aliphatic rings. The molecule has 1 aliphatic heterocycles. The molecule has 22 heavy (non-hydrogen) atoms. The maximum absolute atomic E-state index is 12.1. The van der Waals surface area contributed by atoms with Crippen LogP contribution < -0.4 is 10.1 Å². The number of ether oxygens (including phenoxy) is 1. The molecule has 1 aromatic carbocycles. The number of amides is 2. The van der Waals surface area contributed by atoms with Crippen LogP contribution in [0, 0.1) is 5.92 Å². The number of benzene rings is 1. The van der Waals surface area contributed by atoms with Crippen molar-refractivity contribution in [1.29, 1.82) is 0 Å². The first-order chi connectivity index (χ1) is 10.5. The van der Waals surface area contributed by atoms with Gasteiger partial charge in [0, 0.05) is 26.1 Å². The van der Waals surface area contributed by atoms with E-state index in [1.165, 1.54) is 12.1 Å². The molecule has 2 rings (SSSR count). The first-order valence-electron chi connectivity index (χ1n) is 7.08. The van der Waals surface area contributed by atoms with Crippen LogP contribution in [0.1, 0.15) is 18.9 Å². The van der Waals surface area contributed by atoms with Crippen LogP contribution in [0.15, 0.2) is 24.3 Å². The number of nitrogens with zero attached hydrogens (tertiary/aromatic N) is 1. The number of carbonyl (C=O) groups is 2. The summed E-state index contributed by atoms with van der Waals surface area (Å²) in [6.07, 6.45) is 0.216. The molecule has 1 aromatic rings. The molecule has 0 aliphatic carbocycles. The SMILES string of the molecule is CCN1C[C@H](C(=O)NCc2cccc(OC(F)F)c2)CC1=O. The van der Waals surface area contributed by atoms with Crippen molar-refractivity contribution in [3.63, 3.8) is 0 Å². The summed E-state index contributed by atoms with van der Waals surface area (Å²) >= 11 is 0. The van der Waals surface area contributed by atoms with Gasteiger partial charge in [-0.2, -0.15) is 8.78 Å². The number of hydrogen-bond acceptors (Lipinski definition) is 3. The lowest BCUT2D eigenvalue weighted by atomic mass is 10.1. The summed E-state index contributed by atoms with van der Waals surface area (Å²) in [6.45, 7) is 0.211. The standard InChI is InChI=1S/C15H18F2N2O3/c1-2-19-9-11(7-13(19)20)14(21)18-8-10-4-3-5-12(6-10)22-15(16)17/h3-6,11,15H,2,7-9H2,1H3,(H,18,21)/t11-/m1/s1. The molecule has 0 bridgehead atoms. The number of alkyl halides is 2. The fraction of sp³-hybridized carbons (Fsp3) is 0.467. The zero-order valence-electron chi connectivity index (χ0n) is 12.2. The fourth-order valence-corrected chi connectivity index (χ4v) is 2.42. The normalized spacial score (nSPS) is 17.9. The van der Waals surface area contributed by atoms with Gasteiger partial charge in [0.15, 0.2) is 0 Å². The van der Waals surface area contributed by atoms with E-state index >= 15 is 0 Å². The predicted octanol–water partition coefficient (Wildman–Crippen LogP) is 1.77. The third kappa shape index (κ3) is 4.16. The number of halogens is 2. The summed E-state index contributed by atoms with van der Waals surface area (Å²) in [6, 6.07) is 6.16. The number of rotatable bonds is 6. The minimum atomic E-state index is -2.88. The van der Waals surface area contributed by atoms with Crippen molar-refractivity contribution < 1.29 is 23.1 Å². The topological polar surface area (TPSA) is 58.6 Å². The molecule has 0 spiro atoms. The number of hydrogen-bond donors (Lipinski definition) is 1. The van der Waals surface area contributed by atoms with Crippen LogP contribution in [-0.4, -0.2) is 36.4 Å². The van der Waals surface area contributed by atoms with Crippen LogP contribution in [-0.2, 0) is 16.1 Å². The third-order valence-corrected chi connectivity index (χ3v) is 3.56. The fourth-order valence-electron chi connectivity index (χ4n) is 2.42. The van der Waals surface area contributed by atoms with Gasteiger partial charge in [-0.3, -0.25) is 9.59 Å². The van der Waals surface area contributed by atoms with Gasteiger partial charge in [-0.05, 0) is 24.6 Å². The average molecular weight is 312 g/mol. The minimum Gasteiger partial charge on any atom is -0.435 e. The zero-order valence-corrected chi connectivity index (χ0v) is 12.2. The van der Waals surface area contributed by atoms with E-state index in [1.807, 2.05) is 6.92 Å². The first-order valence-corrected chi connectivity index (χ1v) is 7.08. The van der Waals surface area contributed by atoms with Gasteiger partial charge in [-0.1, -0.05) is 12.1 Å². The van der Waals surface area contributed by atoms with Gasteiger partial charge in [0.2, 0.25) is 11.8 Å². The maximum atomic E-state index is 12.1. The largest absolute Gasteiger partial charge is 0.435 e. The molecule has 0 aromatic heterocycles. The molecule has 1 N–H and O–H groups in total. The van der Waals surface area contributed by atoms with Crippen LogP contribution in [0.2, 0.25) is 0 Å². The summed E-state index contributed by atoms with van der Waals surface area (Å²) in [5.41, 5.74) is 0.656. The molecule has 0 unspecified atom stereocenters. The Labute approximate surface area is 127 Å². The highest BCUT2D eigenvalue weighted by atomic mass is 19.3. The van der Waals surface area contributed by atoms with Gasteiger partial charge in [-0.25, -0.2) is 0 Å². The van der Waals surface area contributed by atoms with E-state index < -0.39 is 6.61 Å². The van der Waals surface area contributed by atoms with Crippen LogP contribution in [0.3, 0.4) is 0 Å². The van der Waals surface area contributed by atoms with Crippen LogP contribution in [0.25, 0.3) is 0 Å². The third-order valence-electron chi connectivity index (χ3n) is 3.56. The smallest absolute Gasteiger partial charge is 0.387 e. The Kier molecular flexibility index (Phi) is 5.30. The van der Waals surface area contributed by atoms with Crippen molar-refractivity contribution in [2.24, 2.45) is 5.92 Å². The van der Waals surface area contributed by atoms with Crippen LogP contribution in [0.4, 0.5) is 8.78 Å². The monoisotopic (exact) mass is 312 g/mol. The van der Waals surface area contributed by atoms with Crippen molar-refractivity contribution in [2.75, 3.05) is 13.1 Å². The molecular formula is C15H18F2N2O3. The van der Waals surface area contributed by atoms with E-state index in [0.29, 0.717) is 18.7 Å². The molecule has 7 heteroatoms. The molecule has 1 heterocycles. The Balaban J connectivity index is 1.88. The Morgan fingerprint density at radius 1 is 1.50 bits per heavy atom. The Bertz CT molecular complexity index is 551. The van der Waals surface area contributed by atoms with Gasteiger partial charge in [-0.15, -0.1) is 0 Å². The molecule has 1 saturated heterocycles. The average Bonchev–Trinajstić information content (AvgIpc) is 2.85. The second-order valence-corrected chi connectivity index (χ2v) is 5.08. The second kappa shape index (κ2) is 7.20. The van der Waals surface area contributed by atoms with Gasteiger partial charge < -0.3 is 15.0 Å². The van der Waals surface area contributed by atoms with Gasteiger partial charge >= 0.3 is 6.61 Å². The second-order valence-electron chi connectivity index (χ2n) is 5.08. The Morgan fingerprint density at radius 3 is 2.91 bits per heavy atom. The van der Waals surface area contributed by atoms with Gasteiger partial charge in [0.25, 0.3) is 0 Å². The van der Waals surface area contributed by atoms with E-state index in [4.69, 9.17) is 0 Å². The van der Waals surface area contributed by atoms with Crippen molar-refractivity contribution in [3.8, 4) is 5.75 Å². The van der Waals surface area contributed by atoms with Crippen molar-refractivity contribution in [1.82, 2.24) is 10.2 Å². The van der Waals surface area contributed by atoms with Crippen molar-refractivity contribution in [2.45, 2.75) is 26.5 Å². The number of likely N-dealkylation sites (tertiary alicyclic amines) is 1. The minimum absolute atomic E-state index is 0.0185. The molecular weight excluding hydrogens is 294 g/mol. The number of carbonyl (C=O) groups excluding carboxylic acids is 2. The van der Waals surface area contributed by atoms with Gasteiger partial charge in [0.05, 0.1) is 5.92 Å². The van der Waals surface area contributed by atoms with E-state index in [2.05, 4.69) is 10.1 Å². The summed E-state index contributed by atoms with van der Waals surface area (Å²) in [5.74, 6) is -0.526. The van der Waals surface area contributed by atoms with E-state index in [-0.39, 0.29) is 36.4 Å². The Morgan fingerprint density at radius 2 is 2.27 bits per heavy atom. The van der Waals surface area contributed by atoms with E-state index in [0.717, 1.165) is 0 Å². The molecule has 1 fully saturated rings. The van der Waals surface area contributed by atoms with E-state index in [9.17, 15) is 18.4 Å². The molecule has 1 atom stereocenters. The van der Waals surface area contributed by atoms with Crippen molar-refractivity contribution >= 4 is 11.8 Å². The molecule has 5 nitrogen and oxygen atoms in total. The molecule has 120 valence electrons. The van der Waals surface area contributed by atoms with Crippen LogP contribution in [0.5, 0.6) is 5.75 Å². The highest BCUT2D eigenvalue weighted by Gasteiger charge is 2.33. The summed E-state index contributed by atoms with van der Waals surface area (Å²) in [4.78, 5) is 25.3. The zero-order chi connectivity index (χ0) is 16.1. The summed E-state index contributed by atoms with van der Waals surface area (Å²) in [5, 5.41) is 2.73. The summed E-state index contributed by atoms with van der Waals surface area (Å²) in [7, 11) is 0. The lowest BCUT2D eigenvalue weighted by Crippen LogP contribution is -2.32. The van der Waals surface area contributed by atoms with E-state index in [1.54, 1.807) is 17.0 Å².